The highest BCUT2D eigenvalue weighted by molar-refractivity contribution is 6.36. The molecule has 0 fully saturated rings. The molecular weight excluding hydrogens is 281 g/mol. The van der Waals surface area contributed by atoms with Crippen LogP contribution in [0.15, 0.2) is 29.5 Å². The molecule has 100 valence electrons. The van der Waals surface area contributed by atoms with Crippen molar-refractivity contribution in [1.29, 1.82) is 0 Å². The Morgan fingerprint density at radius 1 is 1.26 bits per heavy atom. The molecule has 0 atom stereocenters. The maximum Gasteiger partial charge on any atom is 0.0749 e. The molecule has 0 bridgehead atoms. The summed E-state index contributed by atoms with van der Waals surface area (Å²) in [6, 6.07) is 5.26. The third kappa shape index (κ3) is 3.11. The fraction of sp³-hybridized carbons (Fsp3) is 0.214. The van der Waals surface area contributed by atoms with Crippen molar-refractivity contribution in [2.75, 3.05) is 5.43 Å². The second-order valence-electron chi connectivity index (χ2n) is 4.40. The molecule has 0 aliphatic rings. The fourth-order valence-corrected chi connectivity index (χ4v) is 2.44. The number of nitrogens with zero attached hydrogens (tertiary/aromatic N) is 1. The number of halogens is 2. The van der Waals surface area contributed by atoms with E-state index in [1.165, 1.54) is 5.56 Å². The molecule has 0 radical (unpaired) electrons. The molecule has 1 heterocycles. The van der Waals surface area contributed by atoms with Gasteiger partial charge in [0.25, 0.3) is 0 Å². The van der Waals surface area contributed by atoms with Crippen LogP contribution in [0.3, 0.4) is 0 Å². The van der Waals surface area contributed by atoms with E-state index >= 15 is 0 Å². The summed E-state index contributed by atoms with van der Waals surface area (Å²) in [6.07, 6.45) is 1.97. The Kier molecular flexibility index (Phi) is 4.17. The van der Waals surface area contributed by atoms with E-state index in [0.29, 0.717) is 10.0 Å². The number of hydrogen-bond donors (Lipinski definition) is 2. The first-order chi connectivity index (χ1) is 8.99. The smallest absolute Gasteiger partial charge is 0.0749 e. The summed E-state index contributed by atoms with van der Waals surface area (Å²) in [4.78, 5) is 3.18. The van der Waals surface area contributed by atoms with E-state index < -0.39 is 0 Å². The maximum atomic E-state index is 6.08. The van der Waals surface area contributed by atoms with Crippen LogP contribution in [0.25, 0.3) is 0 Å². The summed E-state index contributed by atoms with van der Waals surface area (Å²) >= 11 is 11.9. The van der Waals surface area contributed by atoms with Crippen molar-refractivity contribution in [3.8, 4) is 0 Å². The van der Waals surface area contributed by atoms with Gasteiger partial charge in [-0.25, -0.2) is 0 Å². The van der Waals surface area contributed by atoms with Crippen molar-refractivity contribution in [3.63, 3.8) is 0 Å². The van der Waals surface area contributed by atoms with Crippen LogP contribution in [-0.4, -0.2) is 10.7 Å². The van der Waals surface area contributed by atoms with E-state index in [-0.39, 0.29) is 0 Å². The molecule has 0 spiro atoms. The van der Waals surface area contributed by atoms with Crippen molar-refractivity contribution in [3.05, 3.63) is 51.3 Å². The highest BCUT2D eigenvalue weighted by Gasteiger charge is 2.08. The monoisotopic (exact) mass is 295 g/mol. The first-order valence-corrected chi connectivity index (χ1v) is 6.65. The lowest BCUT2D eigenvalue weighted by Crippen LogP contribution is -2.02. The largest absolute Gasteiger partial charge is 0.364 e. The minimum Gasteiger partial charge on any atom is -0.364 e. The van der Waals surface area contributed by atoms with Crippen molar-refractivity contribution < 1.29 is 0 Å². The number of H-pyrrole nitrogens is 1. The van der Waals surface area contributed by atoms with Crippen LogP contribution < -0.4 is 5.43 Å². The lowest BCUT2D eigenvalue weighted by Gasteiger charge is -2.06. The van der Waals surface area contributed by atoms with Gasteiger partial charge in [-0.15, -0.1) is 0 Å². The van der Waals surface area contributed by atoms with Gasteiger partial charge in [-0.1, -0.05) is 23.2 Å². The molecule has 0 aliphatic carbocycles. The lowest BCUT2D eigenvalue weighted by atomic mass is 10.1. The average molecular weight is 296 g/mol. The zero-order valence-electron chi connectivity index (χ0n) is 11.0. The number of aryl methyl sites for hydroxylation is 2. The number of nitrogens with one attached hydrogen (secondary N) is 2. The topological polar surface area (TPSA) is 40.2 Å². The van der Waals surface area contributed by atoms with E-state index in [9.17, 15) is 0 Å². The van der Waals surface area contributed by atoms with Crippen LogP contribution in [0.1, 0.15) is 23.7 Å². The van der Waals surface area contributed by atoms with Gasteiger partial charge < -0.3 is 4.98 Å². The molecule has 0 aliphatic heterocycles. The molecule has 2 N–H and O–H groups in total. The van der Waals surface area contributed by atoms with Crippen LogP contribution in [0.2, 0.25) is 10.0 Å². The first kappa shape index (κ1) is 14.0. The summed E-state index contributed by atoms with van der Waals surface area (Å²) in [5.74, 6) is 0. The summed E-state index contributed by atoms with van der Waals surface area (Å²) in [5, 5.41) is 5.52. The quantitative estimate of drug-likeness (QED) is 0.621. The Hall–Kier alpha value is -1.45. The van der Waals surface area contributed by atoms with Crippen molar-refractivity contribution in [2.45, 2.75) is 20.8 Å². The molecule has 3 nitrogen and oxygen atoms in total. The molecule has 19 heavy (non-hydrogen) atoms. The fourth-order valence-electron chi connectivity index (χ4n) is 1.99. The molecule has 5 heteroatoms. The van der Waals surface area contributed by atoms with Gasteiger partial charge in [-0.2, -0.15) is 5.10 Å². The molecular formula is C14H15Cl2N3. The third-order valence-corrected chi connectivity index (χ3v) is 3.46. The molecule has 2 aromatic rings. The second-order valence-corrected chi connectivity index (χ2v) is 5.25. The SMILES string of the molecule is C/C(=N\Nc1ccc(Cl)cc1Cl)c1c(C)c[nH]c1C. The zero-order chi connectivity index (χ0) is 14.0. The van der Waals surface area contributed by atoms with Crippen molar-refractivity contribution in [2.24, 2.45) is 5.10 Å². The van der Waals surface area contributed by atoms with Gasteiger partial charge in [0, 0.05) is 22.5 Å². The molecule has 1 aromatic heterocycles. The Bertz CT molecular complexity index is 610. The van der Waals surface area contributed by atoms with E-state index in [1.807, 2.05) is 27.0 Å². The molecule has 2 rings (SSSR count). The van der Waals surface area contributed by atoms with Crippen LogP contribution in [-0.2, 0) is 0 Å². The van der Waals surface area contributed by atoms with E-state index in [2.05, 4.69) is 15.5 Å². The van der Waals surface area contributed by atoms with Gasteiger partial charge in [-0.3, -0.25) is 5.43 Å². The van der Waals surface area contributed by atoms with Crippen LogP contribution in [0.4, 0.5) is 5.69 Å². The Morgan fingerprint density at radius 3 is 2.58 bits per heavy atom. The number of anilines is 1. The summed E-state index contributed by atoms with van der Waals surface area (Å²) in [7, 11) is 0. The minimum atomic E-state index is 0.548. The highest BCUT2D eigenvalue weighted by Crippen LogP contribution is 2.25. The summed E-state index contributed by atoms with van der Waals surface area (Å²) < 4.78 is 0. The third-order valence-electron chi connectivity index (χ3n) is 2.91. The van der Waals surface area contributed by atoms with E-state index in [0.717, 1.165) is 22.7 Å². The van der Waals surface area contributed by atoms with E-state index in [4.69, 9.17) is 23.2 Å². The zero-order valence-corrected chi connectivity index (χ0v) is 12.5. The van der Waals surface area contributed by atoms with E-state index in [1.54, 1.807) is 18.2 Å². The van der Waals surface area contributed by atoms with Gasteiger partial charge >= 0.3 is 0 Å². The molecule has 0 amide bonds. The van der Waals surface area contributed by atoms with Crippen LogP contribution >= 0.6 is 23.2 Å². The predicted octanol–water partition coefficient (Wildman–Crippen LogP) is 4.77. The van der Waals surface area contributed by atoms with Gasteiger partial charge in [-0.05, 0) is 44.5 Å². The van der Waals surface area contributed by atoms with Gasteiger partial charge in [0.05, 0.1) is 16.4 Å². The average Bonchev–Trinajstić information content (AvgIpc) is 2.68. The van der Waals surface area contributed by atoms with Gasteiger partial charge in [0.15, 0.2) is 0 Å². The molecule has 0 saturated carbocycles. The van der Waals surface area contributed by atoms with Crippen LogP contribution in [0, 0.1) is 13.8 Å². The molecule has 1 aromatic carbocycles. The normalized spacial score (nSPS) is 11.7. The number of hydrogen-bond acceptors (Lipinski definition) is 2. The first-order valence-electron chi connectivity index (χ1n) is 5.89. The van der Waals surface area contributed by atoms with Gasteiger partial charge in [0.2, 0.25) is 0 Å². The van der Waals surface area contributed by atoms with Crippen molar-refractivity contribution >= 4 is 34.6 Å². The van der Waals surface area contributed by atoms with Crippen molar-refractivity contribution in [1.82, 2.24) is 4.98 Å². The maximum absolute atomic E-state index is 6.08. The summed E-state index contributed by atoms with van der Waals surface area (Å²) in [5.41, 5.74) is 8.00. The second kappa shape index (κ2) is 5.68. The Morgan fingerprint density at radius 2 is 2.00 bits per heavy atom. The Labute approximate surface area is 122 Å². The number of hydrazone groups is 1. The lowest BCUT2D eigenvalue weighted by molar-refractivity contribution is 1.25. The Balaban J connectivity index is 2.23. The van der Waals surface area contributed by atoms with Gasteiger partial charge in [0.1, 0.15) is 0 Å². The highest BCUT2D eigenvalue weighted by atomic mass is 35.5. The summed E-state index contributed by atoms with van der Waals surface area (Å²) in [6.45, 7) is 6.03. The molecule has 0 unspecified atom stereocenters. The minimum absolute atomic E-state index is 0.548. The number of aromatic amines is 1. The predicted molar refractivity (Wildman–Crippen MR) is 82.6 cm³/mol. The number of aromatic nitrogens is 1. The van der Waals surface area contributed by atoms with Crippen LogP contribution in [0.5, 0.6) is 0 Å². The number of benzene rings is 1. The molecule has 0 saturated heterocycles. The standard InChI is InChI=1S/C14H15Cl2N3/c1-8-7-17-9(2)14(8)10(3)18-19-13-5-4-11(15)6-12(13)16/h4-7,17,19H,1-3H3/b18-10+. The number of rotatable bonds is 3.